The predicted molar refractivity (Wildman–Crippen MR) is 113 cm³/mol. The molecule has 1 aromatic heterocycles. The highest BCUT2D eigenvalue weighted by molar-refractivity contribution is 5.96. The molecule has 1 amide bonds. The molecule has 1 N–H and O–H groups in total. The average molecular weight is 406 g/mol. The lowest BCUT2D eigenvalue weighted by molar-refractivity contribution is 0.0947. The average Bonchev–Trinajstić information content (AvgIpc) is 3.21. The molecule has 30 heavy (non-hydrogen) atoms. The summed E-state index contributed by atoms with van der Waals surface area (Å²) in [5.41, 5.74) is 3.36. The summed E-state index contributed by atoms with van der Waals surface area (Å²) in [5, 5.41) is 2.84. The first-order valence-corrected chi connectivity index (χ1v) is 10.0. The number of benzene rings is 2. The molecule has 0 saturated heterocycles. The van der Waals surface area contributed by atoms with Crippen LogP contribution in [0.3, 0.4) is 0 Å². The molecule has 0 fully saturated rings. The molecule has 6 nitrogen and oxygen atoms in total. The number of hydrogen-bond donors (Lipinski definition) is 1. The number of nitrogens with one attached hydrogen (secondary N) is 1. The molecule has 0 aliphatic carbocycles. The number of carbonyl (C=O) groups excluding carboxylic acids is 1. The Morgan fingerprint density at radius 2 is 2.00 bits per heavy atom. The van der Waals surface area contributed by atoms with Crippen molar-refractivity contribution in [1.82, 2.24) is 15.3 Å². The van der Waals surface area contributed by atoms with Gasteiger partial charge in [0, 0.05) is 25.0 Å². The molecule has 0 bridgehead atoms. The van der Waals surface area contributed by atoms with Crippen LogP contribution in [0.2, 0.25) is 0 Å². The molecule has 2 aromatic carbocycles. The van der Waals surface area contributed by atoms with Gasteiger partial charge < -0.3 is 15.0 Å². The second-order valence-corrected chi connectivity index (χ2v) is 7.09. The lowest BCUT2D eigenvalue weighted by Crippen LogP contribution is -2.26. The second-order valence-electron chi connectivity index (χ2n) is 7.09. The van der Waals surface area contributed by atoms with Crippen molar-refractivity contribution in [2.45, 2.75) is 26.4 Å². The number of para-hydroxylation sites is 1. The Hall–Kier alpha value is -3.48. The van der Waals surface area contributed by atoms with E-state index in [0.29, 0.717) is 12.5 Å². The van der Waals surface area contributed by atoms with Crippen molar-refractivity contribution in [2.75, 3.05) is 18.0 Å². The van der Waals surface area contributed by atoms with Gasteiger partial charge in [-0.1, -0.05) is 37.3 Å². The van der Waals surface area contributed by atoms with Gasteiger partial charge in [-0.25, -0.2) is 9.37 Å². The molecule has 0 radical (unpaired) electrons. The van der Waals surface area contributed by atoms with Crippen LogP contribution in [0.5, 0.6) is 5.88 Å². The van der Waals surface area contributed by atoms with Gasteiger partial charge in [0.1, 0.15) is 18.0 Å². The molecule has 0 unspecified atom stereocenters. The number of rotatable bonds is 7. The van der Waals surface area contributed by atoms with E-state index >= 15 is 0 Å². The SMILES string of the molecule is CCCNC(=O)c1cnc(N2CCc3ccccc32)nc1OCc1ccc(F)cc1. The van der Waals surface area contributed by atoms with E-state index in [0.717, 1.165) is 30.6 Å². The fourth-order valence-electron chi connectivity index (χ4n) is 3.37. The minimum Gasteiger partial charge on any atom is -0.472 e. The number of hydrogen-bond acceptors (Lipinski definition) is 5. The summed E-state index contributed by atoms with van der Waals surface area (Å²) in [6, 6.07) is 14.2. The minimum absolute atomic E-state index is 0.168. The summed E-state index contributed by atoms with van der Waals surface area (Å²) in [5.74, 6) is 0.109. The number of amides is 1. The molecule has 1 aliphatic rings. The monoisotopic (exact) mass is 406 g/mol. The first-order chi connectivity index (χ1) is 14.7. The van der Waals surface area contributed by atoms with E-state index in [-0.39, 0.29) is 29.8 Å². The number of halogens is 1. The Bertz CT molecular complexity index is 1040. The lowest BCUT2D eigenvalue weighted by atomic mass is 10.2. The van der Waals surface area contributed by atoms with E-state index < -0.39 is 0 Å². The number of nitrogens with zero attached hydrogens (tertiary/aromatic N) is 3. The van der Waals surface area contributed by atoms with Gasteiger partial charge in [-0.3, -0.25) is 4.79 Å². The van der Waals surface area contributed by atoms with Crippen molar-refractivity contribution in [2.24, 2.45) is 0 Å². The van der Waals surface area contributed by atoms with Crippen molar-refractivity contribution in [1.29, 1.82) is 0 Å². The fourth-order valence-corrected chi connectivity index (χ4v) is 3.37. The Morgan fingerprint density at radius 3 is 2.80 bits per heavy atom. The highest BCUT2D eigenvalue weighted by atomic mass is 19.1. The van der Waals surface area contributed by atoms with Crippen LogP contribution < -0.4 is 15.0 Å². The maximum Gasteiger partial charge on any atom is 0.258 e. The molecular formula is C23H23FN4O2. The number of anilines is 2. The molecule has 7 heteroatoms. The summed E-state index contributed by atoms with van der Waals surface area (Å²) in [4.78, 5) is 23.6. The molecule has 0 saturated carbocycles. The molecule has 3 aromatic rings. The summed E-state index contributed by atoms with van der Waals surface area (Å²) in [6.07, 6.45) is 3.24. The van der Waals surface area contributed by atoms with Gasteiger partial charge in [-0.05, 0) is 42.2 Å². The van der Waals surface area contributed by atoms with E-state index in [9.17, 15) is 9.18 Å². The van der Waals surface area contributed by atoms with Crippen LogP contribution in [0, 0.1) is 5.82 Å². The Kier molecular flexibility index (Phi) is 5.88. The third kappa shape index (κ3) is 4.25. The highest BCUT2D eigenvalue weighted by Crippen LogP contribution is 2.33. The molecule has 0 spiro atoms. The standard InChI is InChI=1S/C23H23FN4O2/c1-2-12-25-21(29)19-14-26-23(28-13-11-17-5-3-4-6-20(17)28)27-22(19)30-15-16-7-9-18(24)10-8-16/h3-10,14H,2,11-13,15H2,1H3,(H,25,29). The highest BCUT2D eigenvalue weighted by Gasteiger charge is 2.24. The maximum absolute atomic E-state index is 13.2. The van der Waals surface area contributed by atoms with Gasteiger partial charge in [0.2, 0.25) is 11.8 Å². The Morgan fingerprint density at radius 1 is 1.20 bits per heavy atom. The normalized spacial score (nSPS) is 12.5. The topological polar surface area (TPSA) is 67.4 Å². The molecule has 2 heterocycles. The smallest absolute Gasteiger partial charge is 0.258 e. The number of fused-ring (bicyclic) bond motifs is 1. The van der Waals surface area contributed by atoms with Crippen LogP contribution in [-0.4, -0.2) is 29.0 Å². The van der Waals surface area contributed by atoms with E-state index in [2.05, 4.69) is 21.4 Å². The molecule has 4 rings (SSSR count). The summed E-state index contributed by atoms with van der Waals surface area (Å²) >= 11 is 0. The molecule has 0 atom stereocenters. The van der Waals surface area contributed by atoms with Crippen molar-refractivity contribution < 1.29 is 13.9 Å². The first-order valence-electron chi connectivity index (χ1n) is 10.0. The predicted octanol–water partition coefficient (Wildman–Crippen LogP) is 4.03. The van der Waals surface area contributed by atoms with Gasteiger partial charge in [0.15, 0.2) is 0 Å². The Labute approximate surface area is 174 Å². The number of ether oxygens (including phenoxy) is 1. The number of aromatic nitrogens is 2. The van der Waals surface area contributed by atoms with Gasteiger partial charge in [0.05, 0.1) is 0 Å². The Balaban J connectivity index is 1.62. The van der Waals surface area contributed by atoms with Gasteiger partial charge in [-0.2, -0.15) is 4.98 Å². The fraction of sp³-hybridized carbons (Fsp3) is 0.261. The summed E-state index contributed by atoms with van der Waals surface area (Å²) in [7, 11) is 0. The van der Waals surface area contributed by atoms with Crippen LogP contribution in [0.15, 0.2) is 54.7 Å². The third-order valence-electron chi connectivity index (χ3n) is 4.94. The maximum atomic E-state index is 13.2. The van der Waals surface area contributed by atoms with Crippen molar-refractivity contribution in [3.63, 3.8) is 0 Å². The van der Waals surface area contributed by atoms with Crippen molar-refractivity contribution in [3.05, 3.63) is 77.2 Å². The van der Waals surface area contributed by atoms with E-state index in [1.165, 1.54) is 23.9 Å². The van der Waals surface area contributed by atoms with Crippen LogP contribution in [0.25, 0.3) is 0 Å². The van der Waals surface area contributed by atoms with Crippen molar-refractivity contribution >= 4 is 17.5 Å². The quantitative estimate of drug-likeness (QED) is 0.642. The molecular weight excluding hydrogens is 383 g/mol. The number of carbonyl (C=O) groups is 1. The third-order valence-corrected chi connectivity index (χ3v) is 4.94. The van der Waals surface area contributed by atoms with Crippen LogP contribution in [0.1, 0.15) is 34.8 Å². The second kappa shape index (κ2) is 8.90. The first kappa shape index (κ1) is 19.8. The van der Waals surface area contributed by atoms with Gasteiger partial charge in [0.25, 0.3) is 5.91 Å². The van der Waals surface area contributed by atoms with Crippen LogP contribution >= 0.6 is 0 Å². The summed E-state index contributed by atoms with van der Waals surface area (Å²) < 4.78 is 19.1. The van der Waals surface area contributed by atoms with Crippen LogP contribution in [0.4, 0.5) is 16.0 Å². The van der Waals surface area contributed by atoms with E-state index in [1.807, 2.05) is 30.0 Å². The van der Waals surface area contributed by atoms with Crippen molar-refractivity contribution in [3.8, 4) is 5.88 Å². The van der Waals surface area contributed by atoms with Gasteiger partial charge in [-0.15, -0.1) is 0 Å². The summed E-state index contributed by atoms with van der Waals surface area (Å²) in [6.45, 7) is 3.47. The lowest BCUT2D eigenvalue weighted by Gasteiger charge is -2.19. The van der Waals surface area contributed by atoms with Crippen LogP contribution in [-0.2, 0) is 13.0 Å². The zero-order chi connectivity index (χ0) is 20.9. The zero-order valence-electron chi connectivity index (χ0n) is 16.8. The van der Waals surface area contributed by atoms with Gasteiger partial charge >= 0.3 is 0 Å². The molecule has 1 aliphatic heterocycles. The largest absolute Gasteiger partial charge is 0.472 e. The van der Waals surface area contributed by atoms with E-state index in [4.69, 9.17) is 4.74 Å². The zero-order valence-corrected chi connectivity index (χ0v) is 16.8. The van der Waals surface area contributed by atoms with E-state index in [1.54, 1.807) is 12.1 Å². The molecule has 154 valence electrons. The minimum atomic E-state index is -0.310.